The first-order valence-electron chi connectivity index (χ1n) is 14.6. The van der Waals surface area contributed by atoms with Crippen LogP contribution < -0.4 is 0 Å². The molecule has 0 bridgehead atoms. The Morgan fingerprint density at radius 3 is 1.62 bits per heavy atom. The fourth-order valence-corrected chi connectivity index (χ4v) is 5.53. The van der Waals surface area contributed by atoms with Gasteiger partial charge in [-0.05, 0) is 98.1 Å². The van der Waals surface area contributed by atoms with Crippen molar-refractivity contribution in [3.63, 3.8) is 0 Å². The highest BCUT2D eigenvalue weighted by Crippen LogP contribution is 2.36. The fraction of sp³-hybridized carbons (Fsp3) is 0.606. The van der Waals surface area contributed by atoms with Gasteiger partial charge >= 0.3 is 0 Å². The minimum Gasteiger partial charge on any atom is -0.247 e. The van der Waals surface area contributed by atoms with Crippen LogP contribution in [0.5, 0.6) is 0 Å². The third kappa shape index (κ3) is 6.21. The molecule has 34 heavy (non-hydrogen) atoms. The van der Waals surface area contributed by atoms with E-state index in [-0.39, 0.29) is 0 Å². The molecule has 2 aromatic carbocycles. The fourth-order valence-electron chi connectivity index (χ4n) is 5.53. The summed E-state index contributed by atoms with van der Waals surface area (Å²) in [6.07, 6.45) is 18.5. The molecule has 0 aliphatic rings. The Labute approximate surface area is 209 Å². The Hall–Kier alpha value is -1.89. The zero-order valence-electron chi connectivity index (χ0n) is 22.9. The van der Waals surface area contributed by atoms with Crippen LogP contribution in [0.25, 0.3) is 21.8 Å². The van der Waals surface area contributed by atoms with Crippen molar-refractivity contribution in [3.8, 4) is 0 Å². The molecule has 0 aliphatic carbocycles. The summed E-state index contributed by atoms with van der Waals surface area (Å²) in [5.74, 6) is 0. The van der Waals surface area contributed by atoms with Gasteiger partial charge < -0.3 is 0 Å². The monoisotopic (exact) mass is 459 g/mol. The number of unbranched alkanes of at least 4 members (excludes halogenated alkanes) is 5. The van der Waals surface area contributed by atoms with Gasteiger partial charge in [0.05, 0.1) is 11.0 Å². The summed E-state index contributed by atoms with van der Waals surface area (Å²) < 4.78 is 0. The van der Waals surface area contributed by atoms with Crippen molar-refractivity contribution in [2.75, 3.05) is 0 Å². The smallest absolute Gasteiger partial charge is 0.0747 e. The van der Waals surface area contributed by atoms with Gasteiger partial charge in [-0.1, -0.05) is 84.9 Å². The second-order valence-electron chi connectivity index (χ2n) is 10.3. The van der Waals surface area contributed by atoms with E-state index >= 15 is 0 Å². The number of benzene rings is 2. The molecule has 0 saturated heterocycles. The first-order chi connectivity index (χ1) is 16.7. The molecular formula is C33H49N. The second-order valence-corrected chi connectivity index (χ2v) is 10.3. The first kappa shape index (κ1) is 26.7. The van der Waals surface area contributed by atoms with E-state index in [1.807, 2.05) is 0 Å². The number of para-hydroxylation sites is 1. The molecule has 3 rings (SSSR count). The minimum absolute atomic E-state index is 1.14. The summed E-state index contributed by atoms with van der Waals surface area (Å²) in [5.41, 5.74) is 10.6. The molecule has 1 aromatic heterocycles. The van der Waals surface area contributed by atoms with Gasteiger partial charge in [0.25, 0.3) is 0 Å². The zero-order chi connectivity index (χ0) is 24.3. The van der Waals surface area contributed by atoms with E-state index < -0.39 is 0 Å². The molecule has 1 nitrogen and oxygen atoms in total. The summed E-state index contributed by atoms with van der Waals surface area (Å²) in [6.45, 7) is 11.6. The van der Waals surface area contributed by atoms with Crippen LogP contribution in [-0.4, -0.2) is 4.98 Å². The van der Waals surface area contributed by atoms with Crippen LogP contribution >= 0.6 is 0 Å². The van der Waals surface area contributed by atoms with E-state index in [2.05, 4.69) is 58.9 Å². The predicted octanol–water partition coefficient (Wildman–Crippen LogP) is 10.1. The largest absolute Gasteiger partial charge is 0.247 e. The van der Waals surface area contributed by atoms with Crippen molar-refractivity contribution in [1.29, 1.82) is 0 Å². The van der Waals surface area contributed by atoms with Crippen molar-refractivity contribution in [2.45, 2.75) is 131 Å². The van der Waals surface area contributed by atoms with Gasteiger partial charge in [-0.25, -0.2) is 4.98 Å². The van der Waals surface area contributed by atoms with Crippen LogP contribution in [0.1, 0.15) is 127 Å². The predicted molar refractivity (Wildman–Crippen MR) is 152 cm³/mol. The maximum Gasteiger partial charge on any atom is 0.0747 e. The third-order valence-corrected chi connectivity index (χ3v) is 7.55. The van der Waals surface area contributed by atoms with Crippen molar-refractivity contribution < 1.29 is 0 Å². The first-order valence-corrected chi connectivity index (χ1v) is 14.6. The molecule has 0 aliphatic heterocycles. The van der Waals surface area contributed by atoms with Crippen LogP contribution in [0.3, 0.4) is 0 Å². The molecule has 1 heterocycles. The van der Waals surface area contributed by atoms with Gasteiger partial charge in [0.15, 0.2) is 0 Å². The summed E-state index contributed by atoms with van der Waals surface area (Å²) in [6, 6.07) is 9.38. The maximum absolute atomic E-state index is 5.54. The highest BCUT2D eigenvalue weighted by molar-refractivity contribution is 5.98. The van der Waals surface area contributed by atoms with E-state index in [1.165, 1.54) is 117 Å². The van der Waals surface area contributed by atoms with Crippen molar-refractivity contribution in [3.05, 3.63) is 52.1 Å². The molecular weight excluding hydrogens is 410 g/mol. The average molecular weight is 460 g/mol. The molecule has 0 atom stereocenters. The van der Waals surface area contributed by atoms with Crippen LogP contribution in [0.4, 0.5) is 0 Å². The molecule has 0 amide bonds. The van der Waals surface area contributed by atoms with E-state index in [0.717, 1.165) is 6.42 Å². The van der Waals surface area contributed by atoms with Gasteiger partial charge in [-0.3, -0.25) is 0 Å². The molecule has 0 N–H and O–H groups in total. The van der Waals surface area contributed by atoms with Crippen LogP contribution in [0.2, 0.25) is 0 Å². The Morgan fingerprint density at radius 2 is 1.03 bits per heavy atom. The van der Waals surface area contributed by atoms with Crippen molar-refractivity contribution in [1.82, 2.24) is 4.98 Å². The topological polar surface area (TPSA) is 12.9 Å². The normalized spacial score (nSPS) is 11.7. The standard InChI is InChI=1S/C33H49N/c1-6-11-17-25-18-16-19-26-24-31-29(22-14-9-4)27(20-12-7-2)28(21-13-8-3)30(23-15-10-5)33(31)34-32(25)26/h16,18-19,24H,6-15,17,20-23H2,1-5H3. The minimum atomic E-state index is 1.14. The number of hydrogen-bond acceptors (Lipinski definition) is 1. The summed E-state index contributed by atoms with van der Waals surface area (Å²) >= 11 is 0. The Kier molecular flexibility index (Phi) is 10.9. The van der Waals surface area contributed by atoms with Gasteiger partial charge in [-0.2, -0.15) is 0 Å². The number of fused-ring (bicyclic) bond motifs is 2. The number of hydrogen-bond donors (Lipinski definition) is 0. The number of pyridine rings is 1. The molecule has 0 radical (unpaired) electrons. The molecule has 0 unspecified atom stereocenters. The lowest BCUT2D eigenvalue weighted by Crippen LogP contribution is -2.09. The van der Waals surface area contributed by atoms with Crippen LogP contribution in [-0.2, 0) is 32.1 Å². The molecule has 186 valence electrons. The average Bonchev–Trinajstić information content (AvgIpc) is 2.86. The van der Waals surface area contributed by atoms with E-state index in [0.29, 0.717) is 0 Å². The van der Waals surface area contributed by atoms with E-state index in [1.54, 1.807) is 22.3 Å². The van der Waals surface area contributed by atoms with E-state index in [4.69, 9.17) is 4.98 Å². The van der Waals surface area contributed by atoms with Gasteiger partial charge in [-0.15, -0.1) is 0 Å². The summed E-state index contributed by atoms with van der Waals surface area (Å²) in [7, 11) is 0. The molecule has 0 spiro atoms. The van der Waals surface area contributed by atoms with Gasteiger partial charge in [0.1, 0.15) is 0 Å². The van der Waals surface area contributed by atoms with Gasteiger partial charge in [0, 0.05) is 10.8 Å². The van der Waals surface area contributed by atoms with Crippen LogP contribution in [0, 0.1) is 0 Å². The second kappa shape index (κ2) is 13.9. The SMILES string of the molecule is CCCCc1c(CCCC)c(CCCC)c2nc3c(CCCC)cccc3cc2c1CCCC. The highest BCUT2D eigenvalue weighted by atomic mass is 14.7. The number of nitrogens with zero attached hydrogens (tertiary/aromatic N) is 1. The lowest BCUT2D eigenvalue weighted by molar-refractivity contribution is 0.723. The summed E-state index contributed by atoms with van der Waals surface area (Å²) in [5, 5.41) is 2.80. The molecule has 0 fully saturated rings. The Bertz CT molecular complexity index is 1050. The Morgan fingerprint density at radius 1 is 0.529 bits per heavy atom. The molecule has 0 saturated carbocycles. The third-order valence-electron chi connectivity index (χ3n) is 7.55. The Balaban J connectivity index is 2.37. The van der Waals surface area contributed by atoms with E-state index in [9.17, 15) is 0 Å². The maximum atomic E-state index is 5.54. The van der Waals surface area contributed by atoms with Crippen molar-refractivity contribution >= 4 is 21.8 Å². The quantitative estimate of drug-likeness (QED) is 0.206. The zero-order valence-corrected chi connectivity index (χ0v) is 22.9. The molecule has 3 aromatic rings. The highest BCUT2D eigenvalue weighted by Gasteiger charge is 2.20. The number of aromatic nitrogens is 1. The molecule has 1 heteroatoms. The summed E-state index contributed by atoms with van der Waals surface area (Å²) in [4.78, 5) is 5.54. The number of aryl methyl sites for hydroxylation is 3. The number of rotatable bonds is 15. The van der Waals surface area contributed by atoms with Gasteiger partial charge in [0.2, 0.25) is 0 Å². The lowest BCUT2D eigenvalue weighted by atomic mass is 9.83. The van der Waals surface area contributed by atoms with Crippen molar-refractivity contribution in [2.24, 2.45) is 0 Å². The lowest BCUT2D eigenvalue weighted by Gasteiger charge is -2.23. The van der Waals surface area contributed by atoms with Crippen LogP contribution in [0.15, 0.2) is 24.3 Å².